The molecule has 0 amide bonds. The first-order chi connectivity index (χ1) is 7.79. The van der Waals surface area contributed by atoms with Crippen LogP contribution in [0.15, 0.2) is 22.7 Å². The summed E-state index contributed by atoms with van der Waals surface area (Å²) in [5, 5.41) is 0. The summed E-state index contributed by atoms with van der Waals surface area (Å²) in [6.07, 6.45) is 1.03. The van der Waals surface area contributed by atoms with Crippen molar-refractivity contribution < 1.29 is 4.74 Å². The molecule has 0 spiro atoms. The van der Waals surface area contributed by atoms with Crippen LogP contribution in [0.4, 0.5) is 0 Å². The Morgan fingerprint density at radius 1 is 1.35 bits per heavy atom. The second-order valence-corrected chi connectivity index (χ2v) is 6.55. The molecule has 1 rings (SSSR count). The van der Waals surface area contributed by atoms with Crippen molar-refractivity contribution in [1.82, 2.24) is 0 Å². The number of halogens is 1. The Hall–Kier alpha value is -0.540. The van der Waals surface area contributed by atoms with Crippen LogP contribution in [0.1, 0.15) is 45.7 Å². The summed E-state index contributed by atoms with van der Waals surface area (Å²) in [5.74, 6) is 0.888. The van der Waals surface area contributed by atoms with Gasteiger partial charge < -0.3 is 10.5 Å². The topological polar surface area (TPSA) is 35.2 Å². The predicted octanol–water partition coefficient (Wildman–Crippen LogP) is 4.28. The minimum absolute atomic E-state index is 0.00673. The van der Waals surface area contributed by atoms with Gasteiger partial charge in [-0.2, -0.15) is 0 Å². The Morgan fingerprint density at radius 3 is 2.53 bits per heavy atom. The highest BCUT2D eigenvalue weighted by Crippen LogP contribution is 2.28. The third-order valence-corrected chi connectivity index (χ3v) is 3.07. The van der Waals surface area contributed by atoms with Gasteiger partial charge in [0.15, 0.2) is 0 Å². The molecule has 3 heteroatoms. The van der Waals surface area contributed by atoms with E-state index in [9.17, 15) is 0 Å². The Bertz CT molecular complexity index is 369. The van der Waals surface area contributed by atoms with E-state index in [2.05, 4.69) is 36.7 Å². The van der Waals surface area contributed by atoms with Crippen molar-refractivity contribution in [3.8, 4) is 5.75 Å². The van der Waals surface area contributed by atoms with E-state index in [-0.39, 0.29) is 6.04 Å². The molecule has 0 aliphatic rings. The summed E-state index contributed by atoms with van der Waals surface area (Å²) in [6, 6.07) is 5.99. The molecule has 0 aliphatic carbocycles. The van der Waals surface area contributed by atoms with E-state index < -0.39 is 0 Å². The number of hydrogen-bond donors (Lipinski definition) is 1. The lowest BCUT2D eigenvalue weighted by Crippen LogP contribution is -2.13. The predicted molar refractivity (Wildman–Crippen MR) is 76.3 cm³/mol. The van der Waals surface area contributed by atoms with Crippen molar-refractivity contribution in [3.63, 3.8) is 0 Å². The highest BCUT2D eigenvalue weighted by Gasteiger charge is 2.12. The van der Waals surface area contributed by atoms with E-state index in [0.29, 0.717) is 5.41 Å². The molecule has 0 saturated carbocycles. The maximum Gasteiger partial charge on any atom is 0.125 e. The average Bonchev–Trinajstić information content (AvgIpc) is 2.15. The van der Waals surface area contributed by atoms with Crippen LogP contribution in [-0.4, -0.2) is 6.61 Å². The fourth-order valence-electron chi connectivity index (χ4n) is 1.48. The molecule has 1 aromatic carbocycles. The van der Waals surface area contributed by atoms with Gasteiger partial charge in [-0.15, -0.1) is 0 Å². The van der Waals surface area contributed by atoms with Crippen molar-refractivity contribution in [3.05, 3.63) is 28.2 Å². The second-order valence-electron chi connectivity index (χ2n) is 5.63. The highest BCUT2D eigenvalue weighted by atomic mass is 79.9. The van der Waals surface area contributed by atoms with Crippen LogP contribution in [0.3, 0.4) is 0 Å². The first kappa shape index (κ1) is 14.5. The van der Waals surface area contributed by atoms with Gasteiger partial charge in [0.1, 0.15) is 5.75 Å². The summed E-state index contributed by atoms with van der Waals surface area (Å²) in [6.45, 7) is 9.33. The zero-order chi connectivity index (χ0) is 13.1. The van der Waals surface area contributed by atoms with Gasteiger partial charge in [0.25, 0.3) is 0 Å². The number of hydrogen-bond acceptors (Lipinski definition) is 2. The van der Waals surface area contributed by atoms with Crippen LogP contribution >= 0.6 is 15.9 Å². The van der Waals surface area contributed by atoms with Crippen LogP contribution in [0.25, 0.3) is 0 Å². The van der Waals surface area contributed by atoms with Crippen molar-refractivity contribution in [2.45, 2.75) is 40.2 Å². The molecule has 0 heterocycles. The molecular formula is C14H22BrNO. The average molecular weight is 300 g/mol. The minimum Gasteiger partial charge on any atom is -0.493 e. The molecule has 2 N–H and O–H groups in total. The Morgan fingerprint density at radius 2 is 2.00 bits per heavy atom. The highest BCUT2D eigenvalue weighted by molar-refractivity contribution is 9.10. The molecule has 96 valence electrons. The van der Waals surface area contributed by atoms with Gasteiger partial charge in [-0.25, -0.2) is 0 Å². The largest absolute Gasteiger partial charge is 0.493 e. The van der Waals surface area contributed by atoms with Crippen molar-refractivity contribution >= 4 is 15.9 Å². The van der Waals surface area contributed by atoms with E-state index in [4.69, 9.17) is 10.5 Å². The first-order valence-corrected chi connectivity index (χ1v) is 6.77. The van der Waals surface area contributed by atoms with Gasteiger partial charge in [-0.05, 0) is 30.9 Å². The van der Waals surface area contributed by atoms with Gasteiger partial charge in [0.2, 0.25) is 0 Å². The molecule has 1 aromatic rings. The van der Waals surface area contributed by atoms with Crippen LogP contribution in [0, 0.1) is 5.41 Å². The second kappa shape index (κ2) is 5.87. The number of nitrogens with two attached hydrogens (primary N) is 1. The zero-order valence-corrected chi connectivity index (χ0v) is 12.7. The molecule has 0 saturated heterocycles. The molecule has 2 nitrogen and oxygen atoms in total. The van der Waals surface area contributed by atoms with Crippen LogP contribution in [0.5, 0.6) is 5.75 Å². The molecular weight excluding hydrogens is 278 g/mol. The molecule has 17 heavy (non-hydrogen) atoms. The molecule has 0 fully saturated rings. The van der Waals surface area contributed by atoms with Gasteiger partial charge in [-0.3, -0.25) is 0 Å². The monoisotopic (exact) mass is 299 g/mol. The summed E-state index contributed by atoms with van der Waals surface area (Å²) in [5.41, 5.74) is 7.28. The lowest BCUT2D eigenvalue weighted by atomic mass is 9.93. The molecule has 0 aliphatic heterocycles. The number of rotatable bonds is 4. The van der Waals surface area contributed by atoms with Crippen LogP contribution < -0.4 is 10.5 Å². The standard InChI is InChI=1S/C14H22BrNO/c1-10(16)12-6-5-11(15)9-13(12)17-8-7-14(2,3)4/h5-6,9-10H,7-8,16H2,1-4H3. The van der Waals surface area contributed by atoms with Crippen molar-refractivity contribution in [2.24, 2.45) is 11.1 Å². The van der Waals surface area contributed by atoms with Gasteiger partial charge in [0, 0.05) is 16.1 Å². The zero-order valence-electron chi connectivity index (χ0n) is 11.1. The van der Waals surface area contributed by atoms with Gasteiger partial charge in [0.05, 0.1) is 6.61 Å². The van der Waals surface area contributed by atoms with Crippen LogP contribution in [-0.2, 0) is 0 Å². The third kappa shape index (κ3) is 5.09. The smallest absolute Gasteiger partial charge is 0.125 e. The quantitative estimate of drug-likeness (QED) is 0.900. The minimum atomic E-state index is -0.00673. The van der Waals surface area contributed by atoms with E-state index in [1.54, 1.807) is 0 Å². The SMILES string of the molecule is CC(N)c1ccc(Br)cc1OCCC(C)(C)C. The Labute approximate surface area is 113 Å². The molecule has 1 unspecified atom stereocenters. The van der Waals surface area contributed by atoms with Crippen LogP contribution in [0.2, 0.25) is 0 Å². The summed E-state index contributed by atoms with van der Waals surface area (Å²) < 4.78 is 6.87. The maximum absolute atomic E-state index is 5.93. The molecule has 0 aromatic heterocycles. The summed E-state index contributed by atoms with van der Waals surface area (Å²) >= 11 is 3.46. The van der Waals surface area contributed by atoms with E-state index in [1.807, 2.05) is 25.1 Å². The molecule has 1 atom stereocenters. The number of ether oxygens (including phenoxy) is 1. The van der Waals surface area contributed by atoms with E-state index >= 15 is 0 Å². The van der Waals surface area contributed by atoms with E-state index in [1.165, 1.54) is 0 Å². The van der Waals surface area contributed by atoms with Crippen molar-refractivity contribution in [2.75, 3.05) is 6.61 Å². The first-order valence-electron chi connectivity index (χ1n) is 5.97. The van der Waals surface area contributed by atoms with E-state index in [0.717, 1.165) is 28.8 Å². The summed E-state index contributed by atoms with van der Waals surface area (Å²) in [4.78, 5) is 0. The number of benzene rings is 1. The van der Waals surface area contributed by atoms with Gasteiger partial charge in [-0.1, -0.05) is 42.8 Å². The van der Waals surface area contributed by atoms with Crippen molar-refractivity contribution in [1.29, 1.82) is 0 Å². The van der Waals surface area contributed by atoms with Gasteiger partial charge >= 0.3 is 0 Å². The third-order valence-electron chi connectivity index (χ3n) is 2.58. The Balaban J connectivity index is 2.72. The lowest BCUT2D eigenvalue weighted by molar-refractivity contribution is 0.240. The summed E-state index contributed by atoms with van der Waals surface area (Å²) in [7, 11) is 0. The lowest BCUT2D eigenvalue weighted by Gasteiger charge is -2.20. The maximum atomic E-state index is 5.93. The normalized spacial score (nSPS) is 13.5. The fourth-order valence-corrected chi connectivity index (χ4v) is 1.82. The Kier molecular flexibility index (Phi) is 5.02. The molecule has 0 bridgehead atoms. The fraction of sp³-hybridized carbons (Fsp3) is 0.571. The molecule has 0 radical (unpaired) electrons.